The predicted molar refractivity (Wildman–Crippen MR) is 83.5 cm³/mol. The number of hydrogen-bond acceptors (Lipinski definition) is 3. The molecular weight excluding hydrogens is 319 g/mol. The highest BCUT2D eigenvalue weighted by Crippen LogP contribution is 2.29. The van der Waals surface area contributed by atoms with Crippen molar-refractivity contribution in [2.75, 3.05) is 19.6 Å². The Balaban J connectivity index is 1.57. The zero-order valence-electron chi connectivity index (χ0n) is 13.7. The van der Waals surface area contributed by atoms with Crippen molar-refractivity contribution in [2.45, 2.75) is 44.9 Å². The van der Waals surface area contributed by atoms with Crippen LogP contribution in [0, 0.1) is 0 Å². The summed E-state index contributed by atoms with van der Waals surface area (Å²) in [7, 11) is 0. The van der Waals surface area contributed by atoms with Crippen LogP contribution in [-0.4, -0.2) is 44.1 Å². The fourth-order valence-electron chi connectivity index (χ4n) is 3.14. The van der Waals surface area contributed by atoms with Crippen molar-refractivity contribution in [3.63, 3.8) is 0 Å². The summed E-state index contributed by atoms with van der Waals surface area (Å²) in [5.74, 6) is 0. The van der Waals surface area contributed by atoms with Crippen LogP contribution in [0.2, 0.25) is 0 Å². The number of rotatable bonds is 5. The van der Waals surface area contributed by atoms with Gasteiger partial charge in [-0.1, -0.05) is 0 Å². The van der Waals surface area contributed by atoms with Crippen LogP contribution in [0.1, 0.15) is 37.1 Å². The van der Waals surface area contributed by atoms with Gasteiger partial charge < -0.3 is 4.90 Å². The third-order valence-corrected chi connectivity index (χ3v) is 4.48. The molecule has 3 rings (SSSR count). The van der Waals surface area contributed by atoms with Crippen LogP contribution in [0.15, 0.2) is 24.7 Å². The summed E-state index contributed by atoms with van der Waals surface area (Å²) in [5, 5.41) is 7.99. The Kier molecular flexibility index (Phi) is 4.93. The number of hydrogen-bond donors (Lipinski definition) is 0. The molecule has 1 fully saturated rings. The minimum Gasteiger partial charge on any atom is -0.301 e. The second kappa shape index (κ2) is 6.96. The maximum atomic E-state index is 12.7. The fourth-order valence-corrected chi connectivity index (χ4v) is 3.14. The Labute approximate surface area is 139 Å². The standard InChI is InChI=1S/C16H22F3N5/c1-2-23-11-13(10-20-23)5-8-22-7-3-4-14(12-22)24-9-6-15(21-24)16(17,18)19/h6,9-11,14H,2-5,7-8,12H2,1H3/t14-/m1/s1. The lowest BCUT2D eigenvalue weighted by molar-refractivity contribution is -0.141. The van der Waals surface area contributed by atoms with Gasteiger partial charge in [0.25, 0.3) is 0 Å². The van der Waals surface area contributed by atoms with Crippen molar-refractivity contribution in [1.82, 2.24) is 24.5 Å². The van der Waals surface area contributed by atoms with E-state index in [9.17, 15) is 13.2 Å². The van der Waals surface area contributed by atoms with E-state index in [0.29, 0.717) is 0 Å². The zero-order valence-corrected chi connectivity index (χ0v) is 13.7. The van der Waals surface area contributed by atoms with Gasteiger partial charge in [0, 0.05) is 32.0 Å². The largest absolute Gasteiger partial charge is 0.435 e. The van der Waals surface area contributed by atoms with Crippen molar-refractivity contribution in [2.24, 2.45) is 0 Å². The molecular formula is C16H22F3N5. The first-order valence-corrected chi connectivity index (χ1v) is 8.31. The van der Waals surface area contributed by atoms with Crippen molar-refractivity contribution >= 4 is 0 Å². The molecule has 1 aliphatic rings. The Morgan fingerprint density at radius 1 is 1.33 bits per heavy atom. The summed E-state index contributed by atoms with van der Waals surface area (Å²) >= 11 is 0. The van der Waals surface area contributed by atoms with Gasteiger partial charge in [0.1, 0.15) is 0 Å². The monoisotopic (exact) mass is 341 g/mol. The molecule has 0 bridgehead atoms. The smallest absolute Gasteiger partial charge is 0.301 e. The van der Waals surface area contributed by atoms with Crippen molar-refractivity contribution < 1.29 is 13.2 Å². The topological polar surface area (TPSA) is 38.9 Å². The van der Waals surface area contributed by atoms with Crippen molar-refractivity contribution in [3.8, 4) is 0 Å². The summed E-state index contributed by atoms with van der Waals surface area (Å²) in [6.45, 7) is 5.50. The first-order valence-electron chi connectivity index (χ1n) is 8.31. The minimum absolute atomic E-state index is 0.00761. The van der Waals surface area contributed by atoms with Crippen LogP contribution in [0.5, 0.6) is 0 Å². The zero-order chi connectivity index (χ0) is 17.2. The maximum absolute atomic E-state index is 12.7. The second-order valence-electron chi connectivity index (χ2n) is 6.23. The molecule has 0 radical (unpaired) electrons. The van der Waals surface area contributed by atoms with Gasteiger partial charge in [0.2, 0.25) is 0 Å². The summed E-state index contributed by atoms with van der Waals surface area (Å²) < 4.78 is 41.4. The van der Waals surface area contributed by atoms with Crippen molar-refractivity contribution in [1.29, 1.82) is 0 Å². The third kappa shape index (κ3) is 3.98. The quantitative estimate of drug-likeness (QED) is 0.839. The number of piperidine rings is 1. The van der Waals surface area contributed by atoms with E-state index < -0.39 is 11.9 Å². The number of halogens is 3. The molecule has 0 spiro atoms. The van der Waals surface area contributed by atoms with Crippen LogP contribution in [0.25, 0.3) is 0 Å². The van der Waals surface area contributed by atoms with E-state index in [4.69, 9.17) is 0 Å². The van der Waals surface area contributed by atoms with Gasteiger partial charge in [-0.25, -0.2) is 0 Å². The van der Waals surface area contributed by atoms with Crippen LogP contribution < -0.4 is 0 Å². The van der Waals surface area contributed by atoms with E-state index in [1.165, 1.54) is 16.4 Å². The van der Waals surface area contributed by atoms with Gasteiger partial charge in [-0.3, -0.25) is 9.36 Å². The molecule has 0 amide bonds. The lowest BCUT2D eigenvalue weighted by Crippen LogP contribution is -2.38. The Morgan fingerprint density at radius 2 is 2.17 bits per heavy atom. The predicted octanol–water partition coefficient (Wildman–Crippen LogP) is 3.00. The van der Waals surface area contributed by atoms with Gasteiger partial charge in [-0.2, -0.15) is 23.4 Å². The van der Waals surface area contributed by atoms with E-state index in [1.54, 1.807) is 0 Å². The Morgan fingerprint density at radius 3 is 2.83 bits per heavy atom. The normalized spacial score (nSPS) is 19.8. The maximum Gasteiger partial charge on any atom is 0.435 e. The van der Waals surface area contributed by atoms with Gasteiger partial charge in [-0.05, 0) is 44.4 Å². The van der Waals surface area contributed by atoms with E-state index in [0.717, 1.165) is 51.5 Å². The number of alkyl halides is 3. The Hall–Kier alpha value is -1.83. The molecule has 24 heavy (non-hydrogen) atoms. The Bertz CT molecular complexity index is 661. The molecule has 3 heterocycles. The van der Waals surface area contributed by atoms with E-state index in [-0.39, 0.29) is 6.04 Å². The highest BCUT2D eigenvalue weighted by atomic mass is 19.4. The molecule has 0 unspecified atom stereocenters. The molecule has 0 N–H and O–H groups in total. The number of aryl methyl sites for hydroxylation is 1. The number of nitrogens with zero attached hydrogens (tertiary/aromatic N) is 5. The SMILES string of the molecule is CCn1cc(CCN2CCC[C@@H](n3ccc(C(F)(F)F)n3)C2)cn1. The van der Waals surface area contributed by atoms with Crippen LogP contribution in [-0.2, 0) is 19.1 Å². The molecule has 1 saturated heterocycles. The summed E-state index contributed by atoms with van der Waals surface area (Å²) in [6.07, 6.45) is 3.74. The highest BCUT2D eigenvalue weighted by Gasteiger charge is 2.34. The minimum atomic E-state index is -4.38. The molecule has 2 aromatic rings. The molecule has 0 aliphatic carbocycles. The highest BCUT2D eigenvalue weighted by molar-refractivity contribution is 5.05. The lowest BCUT2D eigenvalue weighted by Gasteiger charge is -2.32. The summed E-state index contributed by atoms with van der Waals surface area (Å²) in [4.78, 5) is 2.30. The van der Waals surface area contributed by atoms with E-state index in [2.05, 4.69) is 15.1 Å². The fraction of sp³-hybridized carbons (Fsp3) is 0.625. The van der Waals surface area contributed by atoms with Crippen LogP contribution in [0.4, 0.5) is 13.2 Å². The van der Waals surface area contributed by atoms with Gasteiger partial charge in [-0.15, -0.1) is 0 Å². The second-order valence-corrected chi connectivity index (χ2v) is 6.23. The lowest BCUT2D eigenvalue weighted by atomic mass is 10.1. The number of likely N-dealkylation sites (tertiary alicyclic amines) is 1. The van der Waals surface area contributed by atoms with Gasteiger partial charge in [0.15, 0.2) is 5.69 Å². The van der Waals surface area contributed by atoms with Gasteiger partial charge >= 0.3 is 6.18 Å². The van der Waals surface area contributed by atoms with Crippen LogP contribution >= 0.6 is 0 Å². The molecule has 1 atom stereocenters. The third-order valence-electron chi connectivity index (χ3n) is 4.48. The number of aromatic nitrogens is 4. The summed E-state index contributed by atoms with van der Waals surface area (Å²) in [5.41, 5.74) is 0.379. The first kappa shape index (κ1) is 17.0. The summed E-state index contributed by atoms with van der Waals surface area (Å²) in [6, 6.07) is 1.06. The average molecular weight is 341 g/mol. The molecule has 5 nitrogen and oxygen atoms in total. The molecule has 8 heteroatoms. The molecule has 1 aliphatic heterocycles. The first-order chi connectivity index (χ1) is 11.5. The van der Waals surface area contributed by atoms with E-state index in [1.807, 2.05) is 24.0 Å². The average Bonchev–Trinajstić information content (AvgIpc) is 3.22. The van der Waals surface area contributed by atoms with Crippen molar-refractivity contribution in [3.05, 3.63) is 35.9 Å². The molecule has 0 saturated carbocycles. The molecule has 0 aromatic carbocycles. The molecule has 2 aromatic heterocycles. The molecule has 132 valence electrons. The van der Waals surface area contributed by atoms with Gasteiger partial charge in [0.05, 0.1) is 12.2 Å². The van der Waals surface area contributed by atoms with E-state index >= 15 is 0 Å². The van der Waals surface area contributed by atoms with Crippen LogP contribution in [0.3, 0.4) is 0 Å².